The molecule has 0 unspecified atom stereocenters. The van der Waals surface area contributed by atoms with Crippen LogP contribution in [0.1, 0.15) is 25.3 Å². The first-order valence-electron chi connectivity index (χ1n) is 4.71. The van der Waals surface area contributed by atoms with Gasteiger partial charge < -0.3 is 0 Å². The van der Waals surface area contributed by atoms with Gasteiger partial charge in [-0.05, 0) is 23.6 Å². The van der Waals surface area contributed by atoms with Crippen molar-refractivity contribution in [1.82, 2.24) is 9.78 Å². The number of halogens is 1. The van der Waals surface area contributed by atoms with Crippen molar-refractivity contribution in [2.45, 2.75) is 19.8 Å². The van der Waals surface area contributed by atoms with Crippen LogP contribution in [-0.4, -0.2) is 9.78 Å². The fraction of sp³-hybridized carbons (Fsp3) is 0.364. The van der Waals surface area contributed by atoms with E-state index in [1.54, 1.807) is 4.68 Å². The number of hydrogen-bond donors (Lipinski definition) is 0. The molecule has 1 aromatic carbocycles. The van der Waals surface area contributed by atoms with Gasteiger partial charge in [0.2, 0.25) is 0 Å². The van der Waals surface area contributed by atoms with Crippen molar-refractivity contribution < 1.29 is 0 Å². The van der Waals surface area contributed by atoms with Gasteiger partial charge >= 0.3 is 0 Å². The largest absolute Gasteiger partial charge is 0.256 e. The highest BCUT2D eigenvalue weighted by Gasteiger charge is 2.08. The van der Waals surface area contributed by atoms with Crippen LogP contribution >= 0.6 is 11.6 Å². The Morgan fingerprint density at radius 1 is 1.36 bits per heavy atom. The molecule has 2 nitrogen and oxygen atoms in total. The van der Waals surface area contributed by atoms with Crippen molar-refractivity contribution in [3.05, 3.63) is 28.9 Å². The summed E-state index contributed by atoms with van der Waals surface area (Å²) in [6, 6.07) is 6.25. The molecule has 2 aromatic rings. The van der Waals surface area contributed by atoms with Crippen LogP contribution in [0.25, 0.3) is 10.9 Å². The third-order valence-corrected chi connectivity index (χ3v) is 2.90. The SMILES string of the molecule is CC(C)c1ccc2nn(C)c(Cl)c2c1. The van der Waals surface area contributed by atoms with Crippen LogP contribution in [0.3, 0.4) is 0 Å². The van der Waals surface area contributed by atoms with Crippen LogP contribution in [0.2, 0.25) is 5.15 Å². The normalized spacial score (nSPS) is 11.5. The maximum Gasteiger partial charge on any atom is 0.134 e. The summed E-state index contributed by atoms with van der Waals surface area (Å²) < 4.78 is 1.70. The number of rotatable bonds is 1. The third-order valence-electron chi connectivity index (χ3n) is 2.45. The lowest BCUT2D eigenvalue weighted by Crippen LogP contribution is -1.87. The van der Waals surface area contributed by atoms with Crippen molar-refractivity contribution in [2.75, 3.05) is 0 Å². The van der Waals surface area contributed by atoms with Crippen LogP contribution in [-0.2, 0) is 7.05 Å². The number of aryl methyl sites for hydroxylation is 1. The van der Waals surface area contributed by atoms with Crippen LogP contribution in [0.5, 0.6) is 0 Å². The molecule has 0 spiro atoms. The van der Waals surface area contributed by atoms with Gasteiger partial charge in [0.25, 0.3) is 0 Å². The Morgan fingerprint density at radius 3 is 2.71 bits per heavy atom. The second-order valence-corrected chi connectivity index (χ2v) is 4.20. The summed E-state index contributed by atoms with van der Waals surface area (Å²) in [5, 5.41) is 6.05. The van der Waals surface area contributed by atoms with E-state index in [1.807, 2.05) is 13.1 Å². The van der Waals surface area contributed by atoms with E-state index in [9.17, 15) is 0 Å². The number of hydrogen-bond acceptors (Lipinski definition) is 1. The smallest absolute Gasteiger partial charge is 0.134 e. The molecular formula is C11H13ClN2. The van der Waals surface area contributed by atoms with Crippen LogP contribution in [0.15, 0.2) is 18.2 Å². The van der Waals surface area contributed by atoms with Gasteiger partial charge in [0, 0.05) is 12.4 Å². The second-order valence-electron chi connectivity index (χ2n) is 3.85. The molecule has 1 heterocycles. The zero-order valence-electron chi connectivity index (χ0n) is 8.58. The molecule has 0 saturated carbocycles. The summed E-state index contributed by atoms with van der Waals surface area (Å²) in [5.74, 6) is 0.524. The number of nitrogens with zero attached hydrogens (tertiary/aromatic N) is 2. The van der Waals surface area contributed by atoms with E-state index in [0.717, 1.165) is 10.9 Å². The fourth-order valence-electron chi connectivity index (χ4n) is 1.55. The summed E-state index contributed by atoms with van der Waals surface area (Å²) in [7, 11) is 1.86. The van der Waals surface area contributed by atoms with Crippen molar-refractivity contribution in [3.63, 3.8) is 0 Å². The number of aromatic nitrogens is 2. The zero-order valence-corrected chi connectivity index (χ0v) is 9.34. The molecular weight excluding hydrogens is 196 g/mol. The Labute approximate surface area is 88.5 Å². The van der Waals surface area contributed by atoms with Gasteiger partial charge in [-0.1, -0.05) is 31.5 Å². The Morgan fingerprint density at radius 2 is 2.07 bits per heavy atom. The van der Waals surface area contributed by atoms with Gasteiger partial charge in [-0.3, -0.25) is 4.68 Å². The third kappa shape index (κ3) is 1.40. The first-order chi connectivity index (χ1) is 6.59. The van der Waals surface area contributed by atoms with Gasteiger partial charge in [-0.2, -0.15) is 5.10 Å². The summed E-state index contributed by atoms with van der Waals surface area (Å²) >= 11 is 6.12. The zero-order chi connectivity index (χ0) is 10.3. The Balaban J connectivity index is 2.69. The minimum atomic E-state index is 0.524. The van der Waals surface area contributed by atoms with E-state index in [2.05, 4.69) is 31.1 Å². The van der Waals surface area contributed by atoms with Gasteiger partial charge in [0.1, 0.15) is 5.15 Å². The summed E-state index contributed by atoms with van der Waals surface area (Å²) in [4.78, 5) is 0. The molecule has 0 aliphatic rings. The molecule has 1 aromatic heterocycles. The Hall–Kier alpha value is -1.02. The second kappa shape index (κ2) is 3.28. The first kappa shape index (κ1) is 9.53. The number of fused-ring (bicyclic) bond motifs is 1. The lowest BCUT2D eigenvalue weighted by molar-refractivity contribution is 0.780. The molecule has 0 atom stereocenters. The van der Waals surface area contributed by atoms with Crippen molar-refractivity contribution >= 4 is 22.5 Å². The molecule has 0 saturated heterocycles. The Kier molecular flexibility index (Phi) is 2.23. The Bertz CT molecular complexity index is 471. The average Bonchev–Trinajstić information content (AvgIpc) is 2.43. The molecule has 0 N–H and O–H groups in total. The van der Waals surface area contributed by atoms with E-state index in [0.29, 0.717) is 11.1 Å². The highest BCUT2D eigenvalue weighted by atomic mass is 35.5. The van der Waals surface area contributed by atoms with E-state index in [4.69, 9.17) is 11.6 Å². The molecule has 3 heteroatoms. The fourth-order valence-corrected chi connectivity index (χ4v) is 1.73. The van der Waals surface area contributed by atoms with Gasteiger partial charge in [0.05, 0.1) is 5.52 Å². The quantitative estimate of drug-likeness (QED) is 0.703. The maximum atomic E-state index is 6.12. The van der Waals surface area contributed by atoms with Crippen LogP contribution < -0.4 is 0 Å². The lowest BCUT2D eigenvalue weighted by atomic mass is 10.0. The number of benzene rings is 1. The predicted octanol–water partition coefficient (Wildman–Crippen LogP) is 3.35. The summed E-state index contributed by atoms with van der Waals surface area (Å²) in [6.07, 6.45) is 0. The van der Waals surface area contributed by atoms with Crippen LogP contribution in [0.4, 0.5) is 0 Å². The highest BCUT2D eigenvalue weighted by Crippen LogP contribution is 2.26. The molecule has 2 rings (SSSR count). The molecule has 0 aliphatic carbocycles. The van der Waals surface area contributed by atoms with Gasteiger partial charge in [-0.15, -0.1) is 0 Å². The van der Waals surface area contributed by atoms with Gasteiger partial charge in [0.15, 0.2) is 0 Å². The molecule has 0 radical (unpaired) electrons. The lowest BCUT2D eigenvalue weighted by Gasteiger charge is -2.03. The van der Waals surface area contributed by atoms with Gasteiger partial charge in [-0.25, -0.2) is 0 Å². The van der Waals surface area contributed by atoms with Crippen molar-refractivity contribution in [2.24, 2.45) is 7.05 Å². The molecule has 0 bridgehead atoms. The van der Waals surface area contributed by atoms with E-state index in [-0.39, 0.29) is 0 Å². The maximum absolute atomic E-state index is 6.12. The molecule has 74 valence electrons. The monoisotopic (exact) mass is 208 g/mol. The molecule has 0 fully saturated rings. The van der Waals surface area contributed by atoms with Crippen molar-refractivity contribution in [3.8, 4) is 0 Å². The highest BCUT2D eigenvalue weighted by molar-refractivity contribution is 6.34. The minimum Gasteiger partial charge on any atom is -0.256 e. The molecule has 14 heavy (non-hydrogen) atoms. The van der Waals surface area contributed by atoms with Crippen molar-refractivity contribution in [1.29, 1.82) is 0 Å². The standard InChI is InChI=1S/C11H13ClN2/c1-7(2)8-4-5-10-9(6-8)11(12)14(3)13-10/h4-7H,1-3H3. The van der Waals surface area contributed by atoms with E-state index in [1.165, 1.54) is 5.56 Å². The van der Waals surface area contributed by atoms with E-state index < -0.39 is 0 Å². The topological polar surface area (TPSA) is 17.8 Å². The minimum absolute atomic E-state index is 0.524. The predicted molar refractivity (Wildman–Crippen MR) is 59.8 cm³/mol. The first-order valence-corrected chi connectivity index (χ1v) is 5.09. The van der Waals surface area contributed by atoms with E-state index >= 15 is 0 Å². The average molecular weight is 209 g/mol. The summed E-state index contributed by atoms with van der Waals surface area (Å²) in [5.41, 5.74) is 2.26. The molecule has 0 aliphatic heterocycles. The summed E-state index contributed by atoms with van der Waals surface area (Å²) in [6.45, 7) is 4.34. The van der Waals surface area contributed by atoms with Crippen LogP contribution in [0, 0.1) is 0 Å². The molecule has 0 amide bonds.